The number of carbonyl (C=O) groups excluding carboxylic acids is 2. The number of hydrogen-bond acceptors (Lipinski definition) is 6. The summed E-state index contributed by atoms with van der Waals surface area (Å²) in [4.78, 5) is 32.2. The molecule has 1 N–H and O–H groups in total. The Bertz CT molecular complexity index is 670. The maximum atomic E-state index is 12.4. The lowest BCUT2D eigenvalue weighted by molar-refractivity contribution is -0.143. The predicted molar refractivity (Wildman–Crippen MR) is 81.9 cm³/mol. The van der Waals surface area contributed by atoms with Gasteiger partial charge in [0, 0.05) is 11.8 Å². The predicted octanol–water partition coefficient (Wildman–Crippen LogP) is 0.980. The first kappa shape index (κ1) is 16.6. The van der Waals surface area contributed by atoms with Crippen LogP contribution in [-0.2, 0) is 9.53 Å². The summed E-state index contributed by atoms with van der Waals surface area (Å²) in [6.45, 7) is 3.94. The van der Waals surface area contributed by atoms with E-state index in [1.54, 1.807) is 12.1 Å². The van der Waals surface area contributed by atoms with E-state index in [1.165, 1.54) is 30.6 Å². The zero-order chi connectivity index (χ0) is 16.8. The Labute approximate surface area is 133 Å². The van der Waals surface area contributed by atoms with Crippen molar-refractivity contribution in [3.63, 3.8) is 0 Å². The molecule has 0 aromatic carbocycles. The molecule has 1 amide bonds. The Morgan fingerprint density at radius 2 is 2.17 bits per heavy atom. The monoisotopic (exact) mass is 317 g/mol. The van der Waals surface area contributed by atoms with Crippen LogP contribution in [0.15, 0.2) is 31.0 Å². The quantitative estimate of drug-likeness (QED) is 0.797. The van der Waals surface area contributed by atoms with E-state index in [1.807, 2.05) is 13.8 Å². The number of aromatic nitrogens is 4. The topological polar surface area (TPSA) is 99.0 Å². The highest BCUT2D eigenvalue weighted by molar-refractivity contribution is 5.97. The van der Waals surface area contributed by atoms with Gasteiger partial charge >= 0.3 is 5.97 Å². The van der Waals surface area contributed by atoms with Gasteiger partial charge < -0.3 is 10.1 Å². The van der Waals surface area contributed by atoms with Crippen LogP contribution in [0.3, 0.4) is 0 Å². The molecule has 2 aromatic heterocycles. The summed E-state index contributed by atoms with van der Waals surface area (Å²) in [5.74, 6) is -0.126. The number of rotatable bonds is 6. The molecule has 2 rings (SSSR count). The average Bonchev–Trinajstić information content (AvgIpc) is 3.07. The summed E-state index contributed by atoms with van der Waals surface area (Å²) in [5.41, 5.74) is 0.378. The standard InChI is InChI=1S/C15H19N5O3/c1-10(2)6-12(15(22)23-3)19-14(21)11-4-5-17-13(7-11)20-9-16-8-18-20/h4-5,7-10,12H,6H2,1-3H3,(H,19,21). The number of nitrogens with one attached hydrogen (secondary N) is 1. The number of carbonyl (C=O) groups is 2. The molecular formula is C15H19N5O3. The summed E-state index contributed by atoms with van der Waals surface area (Å²) < 4.78 is 6.19. The molecule has 2 aromatic rings. The van der Waals surface area contributed by atoms with Gasteiger partial charge in [0.25, 0.3) is 5.91 Å². The van der Waals surface area contributed by atoms with E-state index in [-0.39, 0.29) is 11.8 Å². The number of nitrogens with zero attached hydrogens (tertiary/aromatic N) is 4. The maximum absolute atomic E-state index is 12.4. The molecule has 1 unspecified atom stereocenters. The van der Waals surface area contributed by atoms with Crippen LogP contribution in [0.4, 0.5) is 0 Å². The lowest BCUT2D eigenvalue weighted by atomic mass is 10.0. The van der Waals surface area contributed by atoms with Crippen LogP contribution in [-0.4, -0.2) is 44.8 Å². The molecule has 0 bridgehead atoms. The Morgan fingerprint density at radius 3 is 2.78 bits per heavy atom. The van der Waals surface area contributed by atoms with Crippen molar-refractivity contribution in [2.45, 2.75) is 26.3 Å². The number of esters is 1. The van der Waals surface area contributed by atoms with Crippen molar-refractivity contribution < 1.29 is 14.3 Å². The third kappa shape index (κ3) is 4.35. The third-order valence-electron chi connectivity index (χ3n) is 3.16. The summed E-state index contributed by atoms with van der Waals surface area (Å²) in [6.07, 6.45) is 4.87. The second kappa shape index (κ2) is 7.48. The fraction of sp³-hybridized carbons (Fsp3) is 0.400. The van der Waals surface area contributed by atoms with E-state index >= 15 is 0 Å². The van der Waals surface area contributed by atoms with E-state index < -0.39 is 12.0 Å². The highest BCUT2D eigenvalue weighted by atomic mass is 16.5. The van der Waals surface area contributed by atoms with Gasteiger partial charge in [0.1, 0.15) is 18.7 Å². The molecular weight excluding hydrogens is 298 g/mol. The van der Waals surface area contributed by atoms with Crippen LogP contribution in [0.5, 0.6) is 0 Å². The molecule has 0 saturated heterocycles. The second-order valence-corrected chi connectivity index (χ2v) is 5.42. The highest BCUT2D eigenvalue weighted by Crippen LogP contribution is 2.09. The van der Waals surface area contributed by atoms with Gasteiger partial charge in [0.05, 0.1) is 7.11 Å². The van der Waals surface area contributed by atoms with Gasteiger partial charge in [-0.2, -0.15) is 5.10 Å². The largest absolute Gasteiger partial charge is 0.467 e. The fourth-order valence-corrected chi connectivity index (χ4v) is 2.08. The summed E-state index contributed by atoms with van der Waals surface area (Å²) >= 11 is 0. The number of ether oxygens (including phenoxy) is 1. The zero-order valence-electron chi connectivity index (χ0n) is 13.3. The molecule has 2 heterocycles. The Balaban J connectivity index is 2.16. The minimum atomic E-state index is -0.685. The molecule has 122 valence electrons. The molecule has 0 aliphatic carbocycles. The molecule has 23 heavy (non-hydrogen) atoms. The van der Waals surface area contributed by atoms with Crippen LogP contribution in [0.1, 0.15) is 30.6 Å². The minimum absolute atomic E-state index is 0.238. The van der Waals surface area contributed by atoms with Gasteiger partial charge in [0.2, 0.25) is 0 Å². The van der Waals surface area contributed by atoms with Crippen LogP contribution in [0, 0.1) is 5.92 Å². The Kier molecular flexibility index (Phi) is 5.40. The van der Waals surface area contributed by atoms with Gasteiger partial charge in [-0.3, -0.25) is 4.79 Å². The fourth-order valence-electron chi connectivity index (χ4n) is 2.08. The first-order valence-corrected chi connectivity index (χ1v) is 7.21. The van der Waals surface area contributed by atoms with E-state index in [0.29, 0.717) is 17.8 Å². The van der Waals surface area contributed by atoms with Gasteiger partial charge in [0.15, 0.2) is 5.82 Å². The minimum Gasteiger partial charge on any atom is -0.467 e. The van der Waals surface area contributed by atoms with Crippen LogP contribution in [0.25, 0.3) is 5.82 Å². The molecule has 0 radical (unpaired) electrons. The summed E-state index contributed by atoms with van der Waals surface area (Å²) in [7, 11) is 1.30. The Hall–Kier alpha value is -2.77. The highest BCUT2D eigenvalue weighted by Gasteiger charge is 2.23. The number of methoxy groups -OCH3 is 1. The van der Waals surface area contributed by atoms with E-state index in [4.69, 9.17) is 4.74 Å². The van der Waals surface area contributed by atoms with E-state index in [2.05, 4.69) is 20.4 Å². The lowest BCUT2D eigenvalue weighted by Crippen LogP contribution is -2.42. The normalized spacial score (nSPS) is 12.0. The van der Waals surface area contributed by atoms with Gasteiger partial charge in [-0.25, -0.2) is 19.4 Å². The SMILES string of the molecule is COC(=O)C(CC(C)C)NC(=O)c1ccnc(-n2cncn2)c1. The van der Waals surface area contributed by atoms with Crippen LogP contribution >= 0.6 is 0 Å². The molecule has 0 aliphatic rings. The molecule has 1 atom stereocenters. The van der Waals surface area contributed by atoms with Crippen molar-refractivity contribution in [2.24, 2.45) is 5.92 Å². The van der Waals surface area contributed by atoms with Crippen molar-refractivity contribution in [2.75, 3.05) is 7.11 Å². The molecule has 8 heteroatoms. The molecule has 0 fully saturated rings. The summed E-state index contributed by atoms with van der Waals surface area (Å²) in [6, 6.07) is 2.46. The van der Waals surface area contributed by atoms with Gasteiger partial charge in [-0.15, -0.1) is 0 Å². The number of hydrogen-bond donors (Lipinski definition) is 1. The van der Waals surface area contributed by atoms with Crippen molar-refractivity contribution in [1.29, 1.82) is 0 Å². The van der Waals surface area contributed by atoms with Crippen molar-refractivity contribution in [1.82, 2.24) is 25.1 Å². The van der Waals surface area contributed by atoms with Crippen molar-refractivity contribution in [3.8, 4) is 5.82 Å². The van der Waals surface area contributed by atoms with E-state index in [0.717, 1.165) is 0 Å². The second-order valence-electron chi connectivity index (χ2n) is 5.42. The average molecular weight is 317 g/mol. The smallest absolute Gasteiger partial charge is 0.328 e. The lowest BCUT2D eigenvalue weighted by Gasteiger charge is -2.18. The Morgan fingerprint density at radius 1 is 1.39 bits per heavy atom. The number of pyridine rings is 1. The van der Waals surface area contributed by atoms with Crippen LogP contribution in [0.2, 0.25) is 0 Å². The molecule has 8 nitrogen and oxygen atoms in total. The maximum Gasteiger partial charge on any atom is 0.328 e. The van der Waals surface area contributed by atoms with Gasteiger partial charge in [-0.1, -0.05) is 13.8 Å². The first-order chi connectivity index (χ1) is 11.0. The molecule has 0 saturated carbocycles. The summed E-state index contributed by atoms with van der Waals surface area (Å²) in [5, 5.41) is 6.67. The molecule has 0 spiro atoms. The molecule has 0 aliphatic heterocycles. The number of amides is 1. The zero-order valence-corrected chi connectivity index (χ0v) is 13.3. The first-order valence-electron chi connectivity index (χ1n) is 7.21. The van der Waals surface area contributed by atoms with Crippen LogP contribution < -0.4 is 5.32 Å². The van der Waals surface area contributed by atoms with Gasteiger partial charge in [-0.05, 0) is 24.5 Å². The third-order valence-corrected chi connectivity index (χ3v) is 3.16. The van der Waals surface area contributed by atoms with Crippen molar-refractivity contribution >= 4 is 11.9 Å². The van der Waals surface area contributed by atoms with Crippen molar-refractivity contribution in [3.05, 3.63) is 36.5 Å². The van der Waals surface area contributed by atoms with E-state index in [9.17, 15) is 9.59 Å².